The number of carbonyl (C=O) groups excluding carboxylic acids is 1. The number of amides is 1. The van der Waals surface area contributed by atoms with E-state index in [-0.39, 0.29) is 12.3 Å². The van der Waals surface area contributed by atoms with Crippen LogP contribution in [-0.4, -0.2) is 21.1 Å². The number of nitrogens with one attached hydrogen (secondary N) is 1. The van der Waals surface area contributed by atoms with Crippen molar-refractivity contribution in [3.63, 3.8) is 0 Å². The number of para-hydroxylation sites is 2. The summed E-state index contributed by atoms with van der Waals surface area (Å²) in [5.74, 6) is 0.327. The fourth-order valence-electron chi connectivity index (χ4n) is 2.33. The van der Waals surface area contributed by atoms with Crippen LogP contribution in [0.2, 0.25) is 0 Å². The third-order valence-electron chi connectivity index (χ3n) is 3.44. The molecule has 0 radical (unpaired) electrons. The summed E-state index contributed by atoms with van der Waals surface area (Å²) >= 11 is 0. The van der Waals surface area contributed by atoms with Gasteiger partial charge in [0.1, 0.15) is 0 Å². The molecule has 1 aliphatic rings. The molecule has 4 nitrogen and oxygen atoms in total. The second-order valence-electron chi connectivity index (χ2n) is 4.88. The highest BCUT2D eigenvalue weighted by Gasteiger charge is 2.21. The Bertz CT molecular complexity index is 470. The minimum absolute atomic E-state index is 0.121. The summed E-state index contributed by atoms with van der Waals surface area (Å²) in [4.78, 5) is 11.8. The first-order chi connectivity index (χ1) is 9.16. The average Bonchev–Trinajstić information content (AvgIpc) is 2.93. The van der Waals surface area contributed by atoms with E-state index in [9.17, 15) is 9.00 Å². The number of hydrogen-bond acceptors (Lipinski definition) is 3. The molecule has 0 aliphatic heterocycles. The van der Waals surface area contributed by atoms with Gasteiger partial charge in [0.25, 0.3) is 0 Å². The number of hydrogen-bond donors (Lipinski definition) is 2. The molecule has 1 unspecified atom stereocenters. The molecule has 1 fully saturated rings. The highest BCUT2D eigenvalue weighted by molar-refractivity contribution is 7.85. The molecule has 2 rings (SSSR count). The maximum absolute atomic E-state index is 12.0. The van der Waals surface area contributed by atoms with Crippen LogP contribution >= 0.6 is 0 Å². The van der Waals surface area contributed by atoms with Crippen LogP contribution in [-0.2, 0) is 15.6 Å². The summed E-state index contributed by atoms with van der Waals surface area (Å²) in [5.41, 5.74) is 6.92. The van der Waals surface area contributed by atoms with E-state index in [1.807, 2.05) is 12.1 Å². The average molecular weight is 280 g/mol. The molecular weight excluding hydrogens is 260 g/mol. The smallest absolute Gasteiger partial charge is 0.225 e. The van der Waals surface area contributed by atoms with Crippen LogP contribution in [0.5, 0.6) is 0 Å². The number of anilines is 2. The van der Waals surface area contributed by atoms with Gasteiger partial charge in [0, 0.05) is 28.2 Å². The Labute approximate surface area is 116 Å². The first kappa shape index (κ1) is 14.1. The topological polar surface area (TPSA) is 72.2 Å². The third-order valence-corrected chi connectivity index (χ3v) is 5.26. The Morgan fingerprint density at radius 3 is 2.68 bits per heavy atom. The lowest BCUT2D eigenvalue weighted by molar-refractivity contribution is -0.115. The van der Waals surface area contributed by atoms with Crippen LogP contribution in [0.15, 0.2) is 24.3 Å². The Morgan fingerprint density at radius 2 is 2.00 bits per heavy atom. The zero-order valence-corrected chi connectivity index (χ0v) is 11.7. The highest BCUT2D eigenvalue weighted by Crippen LogP contribution is 2.23. The summed E-state index contributed by atoms with van der Waals surface area (Å²) in [6, 6.07) is 7.15. The van der Waals surface area contributed by atoms with Gasteiger partial charge < -0.3 is 11.1 Å². The Kier molecular flexibility index (Phi) is 4.96. The molecule has 0 heterocycles. The van der Waals surface area contributed by atoms with Gasteiger partial charge in [0.05, 0.1) is 11.4 Å². The van der Waals surface area contributed by atoms with Gasteiger partial charge in [0.2, 0.25) is 5.91 Å². The third kappa shape index (κ3) is 4.06. The highest BCUT2D eigenvalue weighted by atomic mass is 32.2. The van der Waals surface area contributed by atoms with E-state index in [1.165, 1.54) is 12.8 Å². The van der Waals surface area contributed by atoms with Crippen LogP contribution in [0, 0.1) is 0 Å². The molecule has 0 aromatic heterocycles. The minimum Gasteiger partial charge on any atom is -0.397 e. The SMILES string of the molecule is Nc1ccccc1NC(=O)CCS(=O)C1CCCC1. The molecule has 1 atom stereocenters. The Balaban J connectivity index is 1.78. The Morgan fingerprint density at radius 1 is 1.32 bits per heavy atom. The molecule has 0 bridgehead atoms. The monoisotopic (exact) mass is 280 g/mol. The molecule has 1 aliphatic carbocycles. The van der Waals surface area contributed by atoms with Crippen LogP contribution in [0.1, 0.15) is 32.1 Å². The molecule has 3 N–H and O–H groups in total. The standard InChI is InChI=1S/C14H20N2O2S/c15-12-7-3-4-8-13(12)16-14(17)9-10-19(18)11-5-1-2-6-11/h3-4,7-8,11H,1-2,5-6,9-10,15H2,(H,16,17). The zero-order valence-electron chi connectivity index (χ0n) is 10.9. The lowest BCUT2D eigenvalue weighted by atomic mass is 10.2. The van der Waals surface area contributed by atoms with E-state index in [0.29, 0.717) is 22.4 Å². The number of nitrogens with two attached hydrogens (primary N) is 1. The second kappa shape index (κ2) is 6.70. The summed E-state index contributed by atoms with van der Waals surface area (Å²) in [6.45, 7) is 0. The Hall–Kier alpha value is -1.36. The van der Waals surface area contributed by atoms with Gasteiger partial charge in [-0.25, -0.2) is 0 Å². The maximum atomic E-state index is 12.0. The lowest BCUT2D eigenvalue weighted by Gasteiger charge is -2.10. The van der Waals surface area contributed by atoms with E-state index < -0.39 is 10.8 Å². The van der Waals surface area contributed by atoms with Crippen molar-refractivity contribution in [3.05, 3.63) is 24.3 Å². The first-order valence-electron chi connectivity index (χ1n) is 6.68. The van der Waals surface area contributed by atoms with E-state index in [1.54, 1.807) is 12.1 Å². The van der Waals surface area contributed by atoms with E-state index in [2.05, 4.69) is 5.32 Å². The number of nitrogen functional groups attached to an aromatic ring is 1. The molecule has 19 heavy (non-hydrogen) atoms. The van der Waals surface area contributed by atoms with Crippen molar-refractivity contribution >= 4 is 28.1 Å². The molecule has 1 amide bonds. The molecule has 5 heteroatoms. The summed E-state index contributed by atoms with van der Waals surface area (Å²) in [6.07, 6.45) is 4.71. The van der Waals surface area contributed by atoms with Crippen molar-refractivity contribution < 1.29 is 9.00 Å². The summed E-state index contributed by atoms with van der Waals surface area (Å²) in [7, 11) is -0.871. The first-order valence-corrected chi connectivity index (χ1v) is 8.06. The van der Waals surface area contributed by atoms with Crippen molar-refractivity contribution in [2.75, 3.05) is 16.8 Å². The van der Waals surface area contributed by atoms with Crippen LogP contribution < -0.4 is 11.1 Å². The molecule has 1 aromatic carbocycles. The van der Waals surface area contributed by atoms with Gasteiger partial charge in [-0.15, -0.1) is 0 Å². The second-order valence-corrected chi connectivity index (χ2v) is 6.71. The molecule has 0 saturated heterocycles. The fraction of sp³-hybridized carbons (Fsp3) is 0.500. The van der Waals surface area contributed by atoms with Crippen molar-refractivity contribution in [3.8, 4) is 0 Å². The quantitative estimate of drug-likeness (QED) is 0.813. The fourth-order valence-corrected chi connectivity index (χ4v) is 3.91. The van der Waals surface area contributed by atoms with Crippen molar-refractivity contribution in [2.45, 2.75) is 37.4 Å². The van der Waals surface area contributed by atoms with Crippen LogP contribution in [0.25, 0.3) is 0 Å². The predicted molar refractivity (Wildman–Crippen MR) is 79.4 cm³/mol. The number of rotatable bonds is 5. The van der Waals surface area contributed by atoms with E-state index in [0.717, 1.165) is 12.8 Å². The predicted octanol–water partition coefficient (Wildman–Crippen LogP) is 2.29. The zero-order chi connectivity index (χ0) is 13.7. The van der Waals surface area contributed by atoms with Gasteiger partial charge in [-0.1, -0.05) is 25.0 Å². The summed E-state index contributed by atoms with van der Waals surface area (Å²) < 4.78 is 12.0. The normalized spacial score (nSPS) is 17.3. The summed E-state index contributed by atoms with van der Waals surface area (Å²) in [5, 5.41) is 3.06. The van der Waals surface area contributed by atoms with Crippen molar-refractivity contribution in [2.24, 2.45) is 0 Å². The largest absolute Gasteiger partial charge is 0.397 e. The van der Waals surface area contributed by atoms with Gasteiger partial charge in [-0.2, -0.15) is 0 Å². The molecular formula is C14H20N2O2S. The van der Waals surface area contributed by atoms with Crippen LogP contribution in [0.3, 0.4) is 0 Å². The van der Waals surface area contributed by atoms with E-state index in [4.69, 9.17) is 5.73 Å². The van der Waals surface area contributed by atoms with Crippen molar-refractivity contribution in [1.29, 1.82) is 0 Å². The van der Waals surface area contributed by atoms with Gasteiger partial charge in [0.15, 0.2) is 0 Å². The lowest BCUT2D eigenvalue weighted by Crippen LogP contribution is -2.19. The minimum atomic E-state index is -0.871. The van der Waals surface area contributed by atoms with Crippen molar-refractivity contribution in [1.82, 2.24) is 0 Å². The number of benzene rings is 1. The molecule has 1 aromatic rings. The van der Waals surface area contributed by atoms with Gasteiger partial charge in [-0.05, 0) is 25.0 Å². The van der Waals surface area contributed by atoms with E-state index >= 15 is 0 Å². The van der Waals surface area contributed by atoms with Gasteiger partial charge in [-0.3, -0.25) is 9.00 Å². The molecule has 0 spiro atoms. The molecule has 104 valence electrons. The number of carbonyl (C=O) groups is 1. The van der Waals surface area contributed by atoms with Gasteiger partial charge >= 0.3 is 0 Å². The van der Waals surface area contributed by atoms with Crippen LogP contribution in [0.4, 0.5) is 11.4 Å². The maximum Gasteiger partial charge on any atom is 0.225 e. The molecule has 1 saturated carbocycles.